The van der Waals surface area contributed by atoms with Crippen LogP contribution < -0.4 is 0 Å². The summed E-state index contributed by atoms with van der Waals surface area (Å²) < 4.78 is 0. The summed E-state index contributed by atoms with van der Waals surface area (Å²) in [5.74, 6) is 1.84. The topological polar surface area (TPSA) is 0 Å². The van der Waals surface area contributed by atoms with Crippen LogP contribution in [0.15, 0.2) is 24.3 Å². The van der Waals surface area contributed by atoms with Crippen LogP contribution in [0.2, 0.25) is 0 Å². The van der Waals surface area contributed by atoms with Crippen molar-refractivity contribution in [2.45, 2.75) is 147 Å². The summed E-state index contributed by atoms with van der Waals surface area (Å²) in [4.78, 5) is 0. The second-order valence-electron chi connectivity index (χ2n) is 9.47. The highest BCUT2D eigenvalue weighted by Gasteiger charge is 2.19. The number of allylic oxidation sites excluding steroid dienone is 3. The van der Waals surface area contributed by atoms with Crippen molar-refractivity contribution in [3.05, 3.63) is 24.3 Å². The van der Waals surface area contributed by atoms with Crippen molar-refractivity contribution in [2.75, 3.05) is 0 Å². The molecule has 0 aromatic carbocycles. The molecule has 0 spiro atoms. The van der Waals surface area contributed by atoms with Gasteiger partial charge in [0.15, 0.2) is 0 Å². The molecule has 0 nitrogen and oxygen atoms in total. The highest BCUT2D eigenvalue weighted by molar-refractivity contribution is 4.96. The van der Waals surface area contributed by atoms with Gasteiger partial charge in [-0.3, -0.25) is 0 Å². The fourth-order valence-electron chi connectivity index (χ4n) is 3.47. The maximum absolute atomic E-state index is 4.33. The first kappa shape index (κ1) is 35.9. The minimum absolute atomic E-state index is 0. The molecule has 0 amide bonds. The second kappa shape index (κ2) is 25.5. The van der Waals surface area contributed by atoms with E-state index in [1.807, 2.05) is 39.8 Å². The number of rotatable bonds is 6. The molecule has 1 saturated carbocycles. The quantitative estimate of drug-likeness (QED) is 0.301. The first-order chi connectivity index (χ1) is 13.2. The summed E-state index contributed by atoms with van der Waals surface area (Å²) in [5.41, 5.74) is 1.98. The van der Waals surface area contributed by atoms with Crippen molar-refractivity contribution in [2.24, 2.45) is 17.3 Å². The van der Waals surface area contributed by atoms with Gasteiger partial charge in [-0.05, 0) is 56.8 Å². The molecular formula is C29H62. The standard InChI is InChI=1S/C19H36.C4H8.C3H8.C2H6.CH4/c1-16(11-10-14-19(3,4)5)15-17(2)18-12-8-6-7-9-13-18;1-3-4-2;1-3-2;1-2;/h17-18H,1,6-15H2,2-5H3;3-4H,1-2H3;3H2,1-2H3;1-2H3;1H4/b;4-3-;;;. The zero-order valence-corrected chi connectivity index (χ0v) is 21.8. The molecule has 0 bridgehead atoms. The molecule has 29 heavy (non-hydrogen) atoms. The molecule has 1 aliphatic carbocycles. The third-order valence-electron chi connectivity index (χ3n) is 5.11. The molecule has 1 unspecified atom stereocenters. The lowest BCUT2D eigenvalue weighted by Gasteiger charge is -2.24. The summed E-state index contributed by atoms with van der Waals surface area (Å²) >= 11 is 0. The van der Waals surface area contributed by atoms with Crippen LogP contribution in [0, 0.1) is 17.3 Å². The predicted octanol–water partition coefficient (Wildman–Crippen LogP) is 11.4. The Morgan fingerprint density at radius 1 is 0.966 bits per heavy atom. The van der Waals surface area contributed by atoms with Crippen LogP contribution in [0.1, 0.15) is 147 Å². The average molecular weight is 411 g/mol. The van der Waals surface area contributed by atoms with Gasteiger partial charge in [0.25, 0.3) is 0 Å². The van der Waals surface area contributed by atoms with E-state index in [1.165, 1.54) is 76.2 Å². The van der Waals surface area contributed by atoms with Crippen molar-refractivity contribution in [1.29, 1.82) is 0 Å². The van der Waals surface area contributed by atoms with Gasteiger partial charge in [-0.2, -0.15) is 0 Å². The van der Waals surface area contributed by atoms with Crippen molar-refractivity contribution >= 4 is 0 Å². The summed E-state index contributed by atoms with van der Waals surface area (Å²) in [5, 5.41) is 0. The van der Waals surface area contributed by atoms with E-state index in [1.54, 1.807) is 0 Å². The van der Waals surface area contributed by atoms with E-state index in [4.69, 9.17) is 0 Å². The summed E-state index contributed by atoms with van der Waals surface area (Å²) in [6, 6.07) is 0. The summed E-state index contributed by atoms with van der Waals surface area (Å²) in [6.07, 6.45) is 19.2. The van der Waals surface area contributed by atoms with Crippen molar-refractivity contribution in [3.8, 4) is 0 Å². The van der Waals surface area contributed by atoms with Gasteiger partial charge in [0.2, 0.25) is 0 Å². The Morgan fingerprint density at radius 3 is 1.72 bits per heavy atom. The Labute approximate surface area is 189 Å². The molecule has 0 aliphatic heterocycles. The highest BCUT2D eigenvalue weighted by Crippen LogP contribution is 2.33. The zero-order chi connectivity index (χ0) is 22.4. The molecule has 0 aromatic heterocycles. The first-order valence-corrected chi connectivity index (χ1v) is 12.5. The van der Waals surface area contributed by atoms with Crippen LogP contribution in [-0.4, -0.2) is 0 Å². The van der Waals surface area contributed by atoms with E-state index in [-0.39, 0.29) is 7.43 Å². The van der Waals surface area contributed by atoms with E-state index in [0.29, 0.717) is 5.41 Å². The smallest absolute Gasteiger partial charge is 0.0294 e. The summed E-state index contributed by atoms with van der Waals surface area (Å²) in [7, 11) is 0. The second-order valence-corrected chi connectivity index (χ2v) is 9.47. The molecule has 178 valence electrons. The maximum Gasteiger partial charge on any atom is -0.0294 e. The molecule has 0 N–H and O–H groups in total. The van der Waals surface area contributed by atoms with E-state index < -0.39 is 0 Å². The van der Waals surface area contributed by atoms with Crippen LogP contribution >= 0.6 is 0 Å². The van der Waals surface area contributed by atoms with E-state index in [2.05, 4.69) is 48.1 Å². The van der Waals surface area contributed by atoms with Gasteiger partial charge in [-0.1, -0.05) is 132 Å². The van der Waals surface area contributed by atoms with Crippen molar-refractivity contribution < 1.29 is 0 Å². The van der Waals surface area contributed by atoms with Crippen LogP contribution in [0.5, 0.6) is 0 Å². The normalized spacial score (nSPS) is 15.2. The molecule has 1 aliphatic rings. The molecule has 0 saturated heterocycles. The maximum atomic E-state index is 4.33. The molecular weight excluding hydrogens is 348 g/mol. The minimum atomic E-state index is 0. The van der Waals surface area contributed by atoms with Gasteiger partial charge in [0.1, 0.15) is 0 Å². The first-order valence-electron chi connectivity index (χ1n) is 12.5. The van der Waals surface area contributed by atoms with E-state index >= 15 is 0 Å². The van der Waals surface area contributed by atoms with Crippen LogP contribution in [0.25, 0.3) is 0 Å². The molecule has 1 rings (SSSR count). The Hall–Kier alpha value is -0.520. The Bertz CT molecular complexity index is 316. The van der Waals surface area contributed by atoms with Gasteiger partial charge in [0, 0.05) is 0 Å². The summed E-state index contributed by atoms with van der Waals surface area (Å²) in [6.45, 7) is 26.1. The van der Waals surface area contributed by atoms with E-state index in [0.717, 1.165) is 11.8 Å². The number of hydrogen-bond donors (Lipinski definition) is 0. The molecule has 1 fully saturated rings. The highest BCUT2D eigenvalue weighted by atomic mass is 14.2. The largest absolute Gasteiger partial charge is 0.0999 e. The number of hydrogen-bond acceptors (Lipinski definition) is 0. The van der Waals surface area contributed by atoms with E-state index in [9.17, 15) is 0 Å². The average Bonchev–Trinajstić information content (AvgIpc) is 2.92. The lowest BCUT2D eigenvalue weighted by atomic mass is 9.82. The van der Waals surface area contributed by atoms with Gasteiger partial charge >= 0.3 is 0 Å². The lowest BCUT2D eigenvalue weighted by Crippen LogP contribution is -2.12. The molecule has 1 atom stereocenters. The third-order valence-corrected chi connectivity index (χ3v) is 5.11. The van der Waals surface area contributed by atoms with Crippen LogP contribution in [0.3, 0.4) is 0 Å². The Morgan fingerprint density at radius 2 is 1.38 bits per heavy atom. The van der Waals surface area contributed by atoms with Gasteiger partial charge < -0.3 is 0 Å². The molecule has 0 heterocycles. The molecule has 0 heteroatoms. The fraction of sp³-hybridized carbons (Fsp3) is 0.862. The third kappa shape index (κ3) is 29.8. The lowest BCUT2D eigenvalue weighted by molar-refractivity contribution is 0.313. The van der Waals surface area contributed by atoms with Gasteiger partial charge in [-0.25, -0.2) is 0 Å². The van der Waals surface area contributed by atoms with Gasteiger partial charge in [-0.15, -0.1) is 0 Å². The minimum Gasteiger partial charge on any atom is -0.0999 e. The fourth-order valence-corrected chi connectivity index (χ4v) is 3.47. The predicted molar refractivity (Wildman–Crippen MR) is 142 cm³/mol. The Balaban J connectivity index is -0.000000267. The van der Waals surface area contributed by atoms with Crippen molar-refractivity contribution in [1.82, 2.24) is 0 Å². The Kier molecular flexibility index (Phi) is 31.6. The molecule has 0 radical (unpaired) electrons. The van der Waals surface area contributed by atoms with Crippen molar-refractivity contribution in [3.63, 3.8) is 0 Å². The van der Waals surface area contributed by atoms with Crippen LogP contribution in [-0.2, 0) is 0 Å². The monoisotopic (exact) mass is 410 g/mol. The SMILES string of the molecule is C.C/C=C\C.C=C(CCCC(C)(C)C)CC(C)C1CCCCCC1.CC.CCC. The molecule has 0 aromatic rings. The van der Waals surface area contributed by atoms with Gasteiger partial charge in [0.05, 0.1) is 0 Å². The van der Waals surface area contributed by atoms with Crippen LogP contribution in [0.4, 0.5) is 0 Å². The zero-order valence-electron chi connectivity index (χ0n) is 21.8.